The van der Waals surface area contributed by atoms with Crippen molar-refractivity contribution in [3.8, 4) is 0 Å². The standard InChI is InChI=1S/C66H122O6/c1-4-7-10-13-16-19-22-25-27-29-30-31-32-33-34-35-36-38-39-41-44-47-50-53-56-59-65(68)71-62-63(61-70-64(67)58-55-52-49-46-43-24-21-18-15-12-9-6-3)72-66(69)60-57-54-51-48-45-42-40-37-28-26-23-20-17-14-11-8-5-2/h17-18,20-21,26,28,63H,4-16,19,22-25,27,29-62H2,1-3H3/b20-17-,21-18-,28-26-. The van der Waals surface area contributed by atoms with Crippen LogP contribution >= 0.6 is 0 Å². The zero-order valence-corrected chi connectivity index (χ0v) is 48.5. The number of hydrogen-bond donors (Lipinski definition) is 0. The van der Waals surface area contributed by atoms with Crippen molar-refractivity contribution in [2.75, 3.05) is 13.2 Å². The van der Waals surface area contributed by atoms with Crippen molar-refractivity contribution in [3.63, 3.8) is 0 Å². The van der Waals surface area contributed by atoms with Crippen LogP contribution in [0.25, 0.3) is 0 Å². The third-order valence-corrected chi connectivity index (χ3v) is 14.4. The maximum atomic E-state index is 12.9. The zero-order valence-electron chi connectivity index (χ0n) is 48.5. The molecule has 0 saturated heterocycles. The zero-order chi connectivity index (χ0) is 52.2. The fraction of sp³-hybridized carbons (Fsp3) is 0.864. The Morgan fingerprint density at radius 1 is 0.278 bits per heavy atom. The van der Waals surface area contributed by atoms with E-state index in [1.807, 2.05) is 0 Å². The van der Waals surface area contributed by atoms with Crippen LogP contribution in [-0.4, -0.2) is 37.2 Å². The minimum Gasteiger partial charge on any atom is -0.462 e. The Bertz CT molecular complexity index is 1210. The molecule has 422 valence electrons. The molecule has 0 amide bonds. The van der Waals surface area contributed by atoms with Gasteiger partial charge >= 0.3 is 17.9 Å². The lowest BCUT2D eigenvalue weighted by Crippen LogP contribution is -2.30. The van der Waals surface area contributed by atoms with E-state index in [0.717, 1.165) is 77.0 Å². The summed E-state index contributed by atoms with van der Waals surface area (Å²) in [5.74, 6) is -0.871. The Morgan fingerprint density at radius 3 is 0.806 bits per heavy atom. The van der Waals surface area contributed by atoms with E-state index >= 15 is 0 Å². The van der Waals surface area contributed by atoms with E-state index in [9.17, 15) is 14.4 Å². The highest BCUT2D eigenvalue weighted by Gasteiger charge is 2.19. The SMILES string of the molecule is CCCCC/C=C\C/C=C\CCCCCCCCCC(=O)OC(COC(=O)CCCCCCC/C=C\CCCCC)COC(=O)CCCCCCCCCCCCCCCCCCCCCCCCCCC. The van der Waals surface area contributed by atoms with Crippen LogP contribution in [-0.2, 0) is 28.6 Å². The van der Waals surface area contributed by atoms with Crippen LogP contribution < -0.4 is 0 Å². The maximum Gasteiger partial charge on any atom is 0.306 e. The van der Waals surface area contributed by atoms with Gasteiger partial charge in [-0.25, -0.2) is 0 Å². The third kappa shape index (κ3) is 58.5. The summed E-state index contributed by atoms with van der Waals surface area (Å²) in [5.41, 5.74) is 0. The second-order valence-electron chi connectivity index (χ2n) is 21.7. The van der Waals surface area contributed by atoms with E-state index in [1.165, 1.54) is 231 Å². The van der Waals surface area contributed by atoms with E-state index in [2.05, 4.69) is 57.2 Å². The topological polar surface area (TPSA) is 78.9 Å². The number of rotatable bonds is 59. The molecule has 0 fully saturated rings. The second-order valence-corrected chi connectivity index (χ2v) is 21.7. The first-order chi connectivity index (χ1) is 35.5. The maximum absolute atomic E-state index is 12.9. The van der Waals surface area contributed by atoms with E-state index in [1.54, 1.807) is 0 Å². The molecule has 0 saturated carbocycles. The predicted octanol–water partition coefficient (Wildman–Crippen LogP) is 21.6. The minimum atomic E-state index is -0.777. The predicted molar refractivity (Wildman–Crippen MR) is 312 cm³/mol. The van der Waals surface area contributed by atoms with Gasteiger partial charge in [0.05, 0.1) is 0 Å². The van der Waals surface area contributed by atoms with Crippen LogP contribution in [0.4, 0.5) is 0 Å². The lowest BCUT2D eigenvalue weighted by Gasteiger charge is -2.18. The molecule has 6 nitrogen and oxygen atoms in total. The Morgan fingerprint density at radius 2 is 0.500 bits per heavy atom. The van der Waals surface area contributed by atoms with Gasteiger partial charge in [0, 0.05) is 19.3 Å². The van der Waals surface area contributed by atoms with Crippen molar-refractivity contribution in [2.45, 2.75) is 354 Å². The molecule has 0 aromatic carbocycles. The van der Waals surface area contributed by atoms with Gasteiger partial charge in [-0.15, -0.1) is 0 Å². The number of allylic oxidation sites excluding steroid dienone is 6. The van der Waals surface area contributed by atoms with Crippen molar-refractivity contribution in [2.24, 2.45) is 0 Å². The molecule has 0 heterocycles. The molecule has 0 aliphatic heterocycles. The summed E-state index contributed by atoms with van der Waals surface area (Å²) in [4.78, 5) is 38.2. The van der Waals surface area contributed by atoms with Gasteiger partial charge in [0.15, 0.2) is 6.10 Å². The molecule has 6 heteroatoms. The van der Waals surface area contributed by atoms with Crippen molar-refractivity contribution in [1.29, 1.82) is 0 Å². The second kappa shape index (κ2) is 61.2. The van der Waals surface area contributed by atoms with E-state index in [4.69, 9.17) is 14.2 Å². The smallest absolute Gasteiger partial charge is 0.306 e. The molecule has 0 aromatic rings. The number of carbonyl (C=O) groups excluding carboxylic acids is 3. The Hall–Kier alpha value is -2.37. The average molecular weight is 1010 g/mol. The molecule has 0 bridgehead atoms. The largest absolute Gasteiger partial charge is 0.462 e. The van der Waals surface area contributed by atoms with Crippen LogP contribution in [0.3, 0.4) is 0 Å². The van der Waals surface area contributed by atoms with Gasteiger partial charge in [0.2, 0.25) is 0 Å². The highest BCUT2D eigenvalue weighted by molar-refractivity contribution is 5.71. The Balaban J connectivity index is 4.22. The summed E-state index contributed by atoms with van der Waals surface area (Å²) < 4.78 is 16.9. The molecule has 0 aliphatic carbocycles. The van der Waals surface area contributed by atoms with Crippen LogP contribution in [0, 0.1) is 0 Å². The van der Waals surface area contributed by atoms with Crippen LogP contribution in [0.15, 0.2) is 36.5 Å². The molecule has 0 radical (unpaired) electrons. The van der Waals surface area contributed by atoms with Gasteiger partial charge in [-0.1, -0.05) is 288 Å². The number of unbranched alkanes of at least 4 members (excludes halogenated alkanes) is 42. The van der Waals surface area contributed by atoms with E-state index in [-0.39, 0.29) is 31.1 Å². The summed E-state index contributed by atoms with van der Waals surface area (Å²) in [5, 5.41) is 0. The van der Waals surface area contributed by atoms with Crippen LogP contribution in [0.1, 0.15) is 348 Å². The summed E-state index contributed by atoms with van der Waals surface area (Å²) in [7, 11) is 0. The number of carbonyl (C=O) groups is 3. The summed E-state index contributed by atoms with van der Waals surface area (Å²) in [6, 6.07) is 0. The fourth-order valence-corrected chi connectivity index (χ4v) is 9.53. The van der Waals surface area contributed by atoms with Gasteiger partial charge < -0.3 is 14.2 Å². The minimum absolute atomic E-state index is 0.0741. The first kappa shape index (κ1) is 69.6. The number of hydrogen-bond acceptors (Lipinski definition) is 6. The molecule has 0 spiro atoms. The highest BCUT2D eigenvalue weighted by atomic mass is 16.6. The van der Waals surface area contributed by atoms with Crippen LogP contribution in [0.5, 0.6) is 0 Å². The summed E-state index contributed by atoms with van der Waals surface area (Å²) in [6.45, 7) is 6.63. The van der Waals surface area contributed by atoms with Crippen molar-refractivity contribution >= 4 is 17.9 Å². The lowest BCUT2D eigenvalue weighted by molar-refractivity contribution is -0.167. The first-order valence-corrected chi connectivity index (χ1v) is 32.0. The average Bonchev–Trinajstić information content (AvgIpc) is 3.38. The molecule has 1 atom stereocenters. The van der Waals surface area contributed by atoms with Gasteiger partial charge in [-0.2, -0.15) is 0 Å². The third-order valence-electron chi connectivity index (χ3n) is 14.4. The highest BCUT2D eigenvalue weighted by Crippen LogP contribution is 2.18. The first-order valence-electron chi connectivity index (χ1n) is 32.0. The van der Waals surface area contributed by atoms with Gasteiger partial charge in [0.25, 0.3) is 0 Å². The normalized spacial score (nSPS) is 12.2. The molecule has 0 N–H and O–H groups in total. The molecule has 0 aromatic heterocycles. The Labute approximate surface area is 448 Å². The number of ether oxygens (including phenoxy) is 3. The number of esters is 3. The fourth-order valence-electron chi connectivity index (χ4n) is 9.53. The quantitative estimate of drug-likeness (QED) is 0.0261. The lowest BCUT2D eigenvalue weighted by atomic mass is 10.0. The Kier molecular flexibility index (Phi) is 59.2. The molecule has 0 rings (SSSR count). The molecular formula is C66H122O6. The molecule has 1 unspecified atom stereocenters. The van der Waals surface area contributed by atoms with E-state index < -0.39 is 6.10 Å². The summed E-state index contributed by atoms with van der Waals surface area (Å²) in [6.07, 6.45) is 74.4. The molecular weight excluding hydrogens is 889 g/mol. The summed E-state index contributed by atoms with van der Waals surface area (Å²) >= 11 is 0. The molecule has 72 heavy (non-hydrogen) atoms. The van der Waals surface area contributed by atoms with Gasteiger partial charge in [0.1, 0.15) is 13.2 Å². The van der Waals surface area contributed by atoms with E-state index in [0.29, 0.717) is 19.3 Å². The monoisotopic (exact) mass is 1010 g/mol. The molecule has 0 aliphatic rings. The van der Waals surface area contributed by atoms with Crippen molar-refractivity contribution in [3.05, 3.63) is 36.5 Å². The van der Waals surface area contributed by atoms with Crippen molar-refractivity contribution < 1.29 is 28.6 Å². The van der Waals surface area contributed by atoms with Crippen molar-refractivity contribution in [1.82, 2.24) is 0 Å². The van der Waals surface area contributed by atoms with Gasteiger partial charge in [-0.3, -0.25) is 14.4 Å². The van der Waals surface area contributed by atoms with Gasteiger partial charge in [-0.05, 0) is 77.0 Å². The van der Waals surface area contributed by atoms with Crippen LogP contribution in [0.2, 0.25) is 0 Å².